The van der Waals surface area contributed by atoms with Crippen LogP contribution < -0.4 is 5.73 Å². The summed E-state index contributed by atoms with van der Waals surface area (Å²) in [7, 11) is 0. The van der Waals surface area contributed by atoms with E-state index >= 15 is 0 Å². The third-order valence-corrected chi connectivity index (χ3v) is 12.0. The number of nitrogen functional groups attached to an aromatic ring is 1. The van der Waals surface area contributed by atoms with Crippen molar-refractivity contribution < 1.29 is 29.3 Å². The van der Waals surface area contributed by atoms with Gasteiger partial charge in [0, 0.05) is 28.0 Å². The number of aliphatic hydroxyl groups is 2. The van der Waals surface area contributed by atoms with Crippen LogP contribution in [0.25, 0.3) is 0 Å². The van der Waals surface area contributed by atoms with Crippen LogP contribution in [0.5, 0.6) is 0 Å². The Hall–Kier alpha value is -2.62. The van der Waals surface area contributed by atoms with Gasteiger partial charge in [-0.25, -0.2) is 0 Å². The fraction of sp³-hybridized carbons (Fsp3) is 0.515. The van der Waals surface area contributed by atoms with Gasteiger partial charge in [-0.1, -0.05) is 37.6 Å². The first-order valence-corrected chi connectivity index (χ1v) is 15.5. The normalized spacial score (nSPS) is 40.9. The van der Waals surface area contributed by atoms with Crippen LogP contribution in [0.15, 0.2) is 58.8 Å². The van der Waals surface area contributed by atoms with Gasteiger partial charge >= 0.3 is 0 Å². The molecule has 0 amide bonds. The first kappa shape index (κ1) is 27.2. The van der Waals surface area contributed by atoms with Gasteiger partial charge in [-0.05, 0) is 90.1 Å². The van der Waals surface area contributed by atoms with Gasteiger partial charge in [0.05, 0.1) is 12.2 Å². The van der Waals surface area contributed by atoms with E-state index in [1.165, 1.54) is 0 Å². The highest BCUT2D eigenvalue weighted by Gasteiger charge is 2.76. The van der Waals surface area contributed by atoms with Crippen molar-refractivity contribution in [3.63, 3.8) is 0 Å². The van der Waals surface area contributed by atoms with E-state index in [0.717, 1.165) is 35.1 Å². The van der Waals surface area contributed by atoms with E-state index in [1.54, 1.807) is 23.5 Å². The molecule has 0 radical (unpaired) electrons. The lowest BCUT2D eigenvalue weighted by Gasteiger charge is -2.59. The highest BCUT2D eigenvalue weighted by Crippen LogP contribution is 2.70. The lowest BCUT2D eigenvalue weighted by Crippen LogP contribution is -2.63. The van der Waals surface area contributed by atoms with Gasteiger partial charge < -0.3 is 25.4 Å². The standard InChI is InChI=1S/C33H37NO6S/c1-31-9-8-22(36)12-20(31)6-7-23-25-13-28-33(27(38)15-35,32(25,2)14-26(37)29(23)31)40-30(39-28)24-17-41-16-19(24)10-18-4-3-5-21(34)11-18/h3-5,8-9,11-12,16-17,23,25-26,28-30,35,37H,6-7,10,13-15,34H2,1-2H3/t23-,25-,26-,28+,29+,30+,31-,32-,33+/m0/s1. The number of ketones is 2. The van der Waals surface area contributed by atoms with Crippen molar-refractivity contribution in [2.45, 2.75) is 70.1 Å². The van der Waals surface area contributed by atoms with Crippen molar-refractivity contribution in [1.29, 1.82) is 0 Å². The number of ether oxygens (including phenoxy) is 2. The number of rotatable bonds is 5. The summed E-state index contributed by atoms with van der Waals surface area (Å²) in [6.45, 7) is 3.55. The van der Waals surface area contributed by atoms with E-state index < -0.39 is 41.5 Å². The van der Waals surface area contributed by atoms with Crippen LogP contribution in [0.4, 0.5) is 5.69 Å². The molecule has 7 rings (SSSR count). The Kier molecular flexibility index (Phi) is 6.27. The summed E-state index contributed by atoms with van der Waals surface area (Å²) in [6, 6.07) is 7.79. The van der Waals surface area contributed by atoms with Gasteiger partial charge in [-0.3, -0.25) is 9.59 Å². The lowest BCUT2D eigenvalue weighted by atomic mass is 9.46. The van der Waals surface area contributed by atoms with Crippen molar-refractivity contribution in [1.82, 2.24) is 0 Å². The monoisotopic (exact) mass is 575 g/mol. The number of aliphatic hydroxyl groups excluding tert-OH is 2. The predicted molar refractivity (Wildman–Crippen MR) is 155 cm³/mol. The van der Waals surface area contributed by atoms with Crippen molar-refractivity contribution >= 4 is 28.6 Å². The van der Waals surface area contributed by atoms with E-state index in [9.17, 15) is 19.8 Å². The molecule has 41 heavy (non-hydrogen) atoms. The topological polar surface area (TPSA) is 119 Å². The second-order valence-electron chi connectivity index (χ2n) is 13.1. The SMILES string of the molecule is C[C@]12C=CC(=O)C=C1CC[C@@H]1[C@@H]2[C@@H](O)C[C@@]2(C)[C@H]1C[C@H]1O[C@@H](c3cscc3Cc3cccc(N)c3)O[C@]12C(=O)CO. The van der Waals surface area contributed by atoms with Crippen molar-refractivity contribution in [3.8, 4) is 0 Å². The zero-order valence-corrected chi connectivity index (χ0v) is 24.2. The Labute approximate surface area is 244 Å². The molecule has 1 aromatic carbocycles. The Balaban J connectivity index is 1.23. The molecule has 1 saturated heterocycles. The van der Waals surface area contributed by atoms with E-state index in [1.807, 2.05) is 35.7 Å². The number of allylic oxidation sites excluding steroid dienone is 4. The second-order valence-corrected chi connectivity index (χ2v) is 13.9. The fourth-order valence-electron chi connectivity index (χ4n) is 9.43. The lowest BCUT2D eigenvalue weighted by molar-refractivity contribution is -0.201. The molecule has 0 unspecified atom stereocenters. The number of Topliss-reactive ketones (excluding diaryl/α,β-unsaturated/α-hetero) is 1. The first-order valence-electron chi connectivity index (χ1n) is 14.6. The summed E-state index contributed by atoms with van der Waals surface area (Å²) in [5.74, 6) is -0.244. The Morgan fingerprint density at radius 2 is 2.07 bits per heavy atom. The minimum atomic E-state index is -1.35. The van der Waals surface area contributed by atoms with Crippen LogP contribution in [-0.4, -0.2) is 46.2 Å². The maximum absolute atomic E-state index is 13.8. The molecule has 9 atom stereocenters. The molecule has 2 heterocycles. The summed E-state index contributed by atoms with van der Waals surface area (Å²) in [4.78, 5) is 26.0. The van der Waals surface area contributed by atoms with E-state index in [4.69, 9.17) is 15.2 Å². The van der Waals surface area contributed by atoms with Crippen molar-refractivity contribution in [3.05, 3.63) is 75.5 Å². The predicted octanol–water partition coefficient (Wildman–Crippen LogP) is 4.52. The molecule has 8 heteroatoms. The average Bonchev–Trinajstić information content (AvgIpc) is 3.61. The Bertz CT molecular complexity index is 1480. The summed E-state index contributed by atoms with van der Waals surface area (Å²) in [5.41, 5.74) is 8.36. The molecule has 4 N–H and O–H groups in total. The van der Waals surface area contributed by atoms with Crippen LogP contribution >= 0.6 is 11.3 Å². The van der Waals surface area contributed by atoms with E-state index in [2.05, 4.69) is 19.2 Å². The Morgan fingerprint density at radius 1 is 1.24 bits per heavy atom. The molecule has 2 aromatic rings. The van der Waals surface area contributed by atoms with E-state index in [0.29, 0.717) is 24.9 Å². The molecular weight excluding hydrogens is 538 g/mol. The summed E-state index contributed by atoms with van der Waals surface area (Å²) < 4.78 is 13.4. The molecule has 0 spiro atoms. The van der Waals surface area contributed by atoms with Gasteiger partial charge in [0.1, 0.15) is 6.61 Å². The van der Waals surface area contributed by atoms with Crippen LogP contribution in [0.1, 0.15) is 62.5 Å². The van der Waals surface area contributed by atoms with Gasteiger partial charge in [0.25, 0.3) is 0 Å². The molecule has 3 saturated carbocycles. The largest absolute Gasteiger partial charge is 0.399 e. The molecule has 216 valence electrons. The highest BCUT2D eigenvalue weighted by atomic mass is 32.1. The molecule has 4 fully saturated rings. The summed E-state index contributed by atoms with van der Waals surface area (Å²) >= 11 is 1.56. The van der Waals surface area contributed by atoms with Gasteiger partial charge in [-0.2, -0.15) is 11.3 Å². The molecule has 5 aliphatic rings. The van der Waals surface area contributed by atoms with Crippen LogP contribution in [0.2, 0.25) is 0 Å². The highest BCUT2D eigenvalue weighted by molar-refractivity contribution is 7.08. The number of benzene rings is 1. The van der Waals surface area contributed by atoms with Gasteiger partial charge in [0.15, 0.2) is 23.5 Å². The molecule has 1 aromatic heterocycles. The van der Waals surface area contributed by atoms with Crippen molar-refractivity contribution in [2.75, 3.05) is 12.3 Å². The Morgan fingerprint density at radius 3 is 2.85 bits per heavy atom. The maximum atomic E-state index is 13.8. The quantitative estimate of drug-likeness (QED) is 0.449. The number of nitrogens with two attached hydrogens (primary N) is 1. The van der Waals surface area contributed by atoms with Gasteiger partial charge in [-0.15, -0.1) is 0 Å². The molecule has 1 aliphatic heterocycles. The number of thiophene rings is 1. The number of hydrogen-bond donors (Lipinski definition) is 3. The zero-order valence-electron chi connectivity index (χ0n) is 23.4. The third-order valence-electron chi connectivity index (χ3n) is 11.2. The summed E-state index contributed by atoms with van der Waals surface area (Å²) in [5, 5.41) is 26.2. The van der Waals surface area contributed by atoms with E-state index in [-0.39, 0.29) is 29.3 Å². The first-order chi connectivity index (χ1) is 19.6. The molecular formula is C33H37NO6S. The number of carbonyl (C=O) groups excluding carboxylic acids is 2. The van der Waals surface area contributed by atoms with Gasteiger partial charge in [0.2, 0.25) is 0 Å². The number of anilines is 1. The van der Waals surface area contributed by atoms with Crippen LogP contribution in [-0.2, 0) is 25.5 Å². The molecule has 7 nitrogen and oxygen atoms in total. The number of fused-ring (bicyclic) bond motifs is 7. The minimum absolute atomic E-state index is 0.00494. The second kappa shape index (κ2) is 9.44. The maximum Gasteiger partial charge on any atom is 0.193 e. The smallest absolute Gasteiger partial charge is 0.193 e. The van der Waals surface area contributed by atoms with Crippen LogP contribution in [0.3, 0.4) is 0 Å². The zero-order chi connectivity index (χ0) is 28.7. The third kappa shape index (κ3) is 3.77. The average molecular weight is 576 g/mol. The number of carbonyl (C=O) groups is 2. The van der Waals surface area contributed by atoms with Crippen molar-refractivity contribution in [2.24, 2.45) is 28.6 Å². The number of hydrogen-bond acceptors (Lipinski definition) is 8. The van der Waals surface area contributed by atoms with Crippen LogP contribution in [0, 0.1) is 28.6 Å². The fourth-order valence-corrected chi connectivity index (χ4v) is 10.3. The summed E-state index contributed by atoms with van der Waals surface area (Å²) in [6.07, 6.45) is 6.66. The molecule has 4 aliphatic carbocycles. The minimum Gasteiger partial charge on any atom is -0.399 e. The molecule has 0 bridgehead atoms.